The molecule has 1 aromatic heterocycles. The van der Waals surface area contributed by atoms with Crippen molar-refractivity contribution < 1.29 is 9.59 Å². The highest BCUT2D eigenvalue weighted by atomic mass is 16.2. The van der Waals surface area contributed by atoms with E-state index in [1.54, 1.807) is 0 Å². The van der Waals surface area contributed by atoms with E-state index >= 15 is 0 Å². The summed E-state index contributed by atoms with van der Waals surface area (Å²) in [4.78, 5) is 30.1. The van der Waals surface area contributed by atoms with Crippen LogP contribution in [0.15, 0.2) is 18.2 Å². The van der Waals surface area contributed by atoms with Crippen LogP contribution in [0.5, 0.6) is 0 Å². The zero-order valence-corrected chi connectivity index (χ0v) is 17.1. The van der Waals surface area contributed by atoms with E-state index in [1.807, 2.05) is 36.6 Å². The number of hydrogen-bond acceptors (Lipinski definition) is 3. The van der Waals surface area contributed by atoms with Crippen LogP contribution in [0.1, 0.15) is 77.0 Å². The first kappa shape index (κ1) is 20.1. The van der Waals surface area contributed by atoms with Gasteiger partial charge in [-0.2, -0.15) is 0 Å². The second-order valence-corrected chi connectivity index (χ2v) is 7.57. The molecule has 0 aliphatic carbocycles. The highest BCUT2D eigenvalue weighted by Crippen LogP contribution is 2.23. The maximum absolute atomic E-state index is 13.0. The quantitative estimate of drug-likeness (QED) is 0.711. The lowest BCUT2D eigenvalue weighted by Crippen LogP contribution is -2.26. The van der Waals surface area contributed by atoms with Gasteiger partial charge in [-0.05, 0) is 56.7 Å². The number of nitrogens with zero attached hydrogens (tertiary/aromatic N) is 2. The van der Waals surface area contributed by atoms with Crippen LogP contribution in [0.25, 0.3) is 0 Å². The van der Waals surface area contributed by atoms with Crippen LogP contribution in [-0.2, 0) is 13.0 Å². The third-order valence-corrected chi connectivity index (χ3v) is 5.24. The van der Waals surface area contributed by atoms with Gasteiger partial charge in [-0.3, -0.25) is 9.59 Å². The summed E-state index contributed by atoms with van der Waals surface area (Å²) in [6.07, 6.45) is 5.94. The first-order valence-electron chi connectivity index (χ1n) is 10.3. The lowest BCUT2D eigenvalue weighted by Gasteiger charge is -2.17. The van der Waals surface area contributed by atoms with Crippen LogP contribution in [0.4, 0.5) is 5.69 Å². The molecule has 0 fully saturated rings. The Hall–Kier alpha value is -2.63. The molecule has 0 spiro atoms. The van der Waals surface area contributed by atoms with Gasteiger partial charge in [-0.15, -0.1) is 0 Å². The molecule has 0 unspecified atom stereocenters. The molecule has 0 atom stereocenters. The third-order valence-electron chi connectivity index (χ3n) is 5.24. The predicted octanol–water partition coefficient (Wildman–Crippen LogP) is 4.01. The zero-order valence-electron chi connectivity index (χ0n) is 17.1. The van der Waals surface area contributed by atoms with Gasteiger partial charge in [0.25, 0.3) is 11.8 Å². The van der Waals surface area contributed by atoms with E-state index in [0.717, 1.165) is 67.6 Å². The van der Waals surface area contributed by atoms with Crippen molar-refractivity contribution >= 4 is 17.5 Å². The number of aromatic nitrogens is 2. The van der Waals surface area contributed by atoms with Crippen molar-refractivity contribution in [2.24, 2.45) is 0 Å². The van der Waals surface area contributed by atoms with E-state index in [4.69, 9.17) is 0 Å². The lowest BCUT2D eigenvalue weighted by atomic mass is 10.1. The molecule has 1 aliphatic heterocycles. The number of benzene rings is 1. The number of amides is 2. The molecular formula is C22H30N4O2. The number of anilines is 1. The number of fused-ring (bicyclic) bond motifs is 1. The van der Waals surface area contributed by atoms with Crippen molar-refractivity contribution in [2.75, 3.05) is 11.9 Å². The maximum atomic E-state index is 13.0. The summed E-state index contributed by atoms with van der Waals surface area (Å²) in [5, 5.41) is 5.93. The molecular weight excluding hydrogens is 352 g/mol. The summed E-state index contributed by atoms with van der Waals surface area (Å²) in [5.74, 6) is -0.108. The standard InChI is InChI=1S/C22H30N4O2/c1-4-5-7-12-23-21(27)19-18-9-6-8-13-26(18)20(25-19)22(28)24-17-14-15(2)10-11-16(17)3/h10-11,14H,4-9,12-13H2,1-3H3,(H,23,27)(H,24,28). The van der Waals surface area contributed by atoms with Crippen LogP contribution in [0.3, 0.4) is 0 Å². The Morgan fingerprint density at radius 3 is 2.75 bits per heavy atom. The van der Waals surface area contributed by atoms with E-state index in [2.05, 4.69) is 22.5 Å². The number of imidazole rings is 1. The minimum Gasteiger partial charge on any atom is -0.351 e. The summed E-state index contributed by atoms with van der Waals surface area (Å²) < 4.78 is 1.92. The molecule has 150 valence electrons. The van der Waals surface area contributed by atoms with Gasteiger partial charge in [-0.25, -0.2) is 4.98 Å². The van der Waals surface area contributed by atoms with Crippen LogP contribution >= 0.6 is 0 Å². The number of aryl methyl sites for hydroxylation is 2. The molecule has 2 amide bonds. The van der Waals surface area contributed by atoms with Gasteiger partial charge < -0.3 is 15.2 Å². The molecule has 0 saturated carbocycles. The van der Waals surface area contributed by atoms with Crippen molar-refractivity contribution in [3.8, 4) is 0 Å². The Morgan fingerprint density at radius 2 is 1.96 bits per heavy atom. The Morgan fingerprint density at radius 1 is 1.14 bits per heavy atom. The molecule has 2 N–H and O–H groups in total. The molecule has 0 bridgehead atoms. The highest BCUT2D eigenvalue weighted by Gasteiger charge is 2.27. The number of unbranched alkanes of at least 4 members (excludes halogenated alkanes) is 2. The van der Waals surface area contributed by atoms with Crippen LogP contribution in [0.2, 0.25) is 0 Å². The number of nitrogens with one attached hydrogen (secondary N) is 2. The van der Waals surface area contributed by atoms with E-state index in [9.17, 15) is 9.59 Å². The van der Waals surface area contributed by atoms with Crippen molar-refractivity contribution in [3.05, 3.63) is 46.5 Å². The molecule has 6 nitrogen and oxygen atoms in total. The van der Waals surface area contributed by atoms with Gasteiger partial charge >= 0.3 is 0 Å². The molecule has 0 radical (unpaired) electrons. The van der Waals surface area contributed by atoms with Gasteiger partial charge in [-0.1, -0.05) is 31.9 Å². The second-order valence-electron chi connectivity index (χ2n) is 7.57. The Labute approximate surface area is 166 Å². The van der Waals surface area contributed by atoms with Crippen LogP contribution < -0.4 is 10.6 Å². The number of carbonyl (C=O) groups is 2. The molecule has 6 heteroatoms. The molecule has 2 heterocycles. The topological polar surface area (TPSA) is 76.0 Å². The van der Waals surface area contributed by atoms with Gasteiger partial charge in [0.2, 0.25) is 0 Å². The average molecular weight is 383 g/mol. The molecule has 2 aromatic rings. The fraction of sp³-hybridized carbons (Fsp3) is 0.500. The Bertz CT molecular complexity index is 870. The van der Waals surface area contributed by atoms with Crippen LogP contribution in [-0.4, -0.2) is 27.9 Å². The maximum Gasteiger partial charge on any atom is 0.291 e. The van der Waals surface area contributed by atoms with Gasteiger partial charge in [0.1, 0.15) is 5.69 Å². The smallest absolute Gasteiger partial charge is 0.291 e. The average Bonchev–Trinajstić information content (AvgIpc) is 3.08. The Kier molecular flexibility index (Phi) is 6.49. The number of hydrogen-bond donors (Lipinski definition) is 2. The first-order valence-corrected chi connectivity index (χ1v) is 10.3. The third kappa shape index (κ3) is 4.43. The molecule has 0 saturated heterocycles. The zero-order chi connectivity index (χ0) is 20.1. The van der Waals surface area contributed by atoms with Gasteiger partial charge in [0.15, 0.2) is 5.82 Å². The van der Waals surface area contributed by atoms with Crippen molar-refractivity contribution in [3.63, 3.8) is 0 Å². The van der Waals surface area contributed by atoms with E-state index in [1.165, 1.54) is 0 Å². The fourth-order valence-corrected chi connectivity index (χ4v) is 3.61. The molecule has 3 rings (SSSR count). The summed E-state index contributed by atoms with van der Waals surface area (Å²) >= 11 is 0. The predicted molar refractivity (Wildman–Crippen MR) is 111 cm³/mol. The second kappa shape index (κ2) is 9.04. The number of carbonyl (C=O) groups excluding carboxylic acids is 2. The highest BCUT2D eigenvalue weighted by molar-refractivity contribution is 6.04. The van der Waals surface area contributed by atoms with Crippen LogP contribution in [0, 0.1) is 13.8 Å². The first-order chi connectivity index (χ1) is 13.5. The van der Waals surface area contributed by atoms with E-state index in [-0.39, 0.29) is 11.8 Å². The monoisotopic (exact) mass is 382 g/mol. The molecule has 1 aromatic carbocycles. The lowest BCUT2D eigenvalue weighted by molar-refractivity contribution is 0.0947. The summed E-state index contributed by atoms with van der Waals surface area (Å²) in [6, 6.07) is 5.96. The minimum absolute atomic E-state index is 0.174. The minimum atomic E-state index is -0.262. The van der Waals surface area contributed by atoms with Gasteiger partial charge in [0.05, 0.1) is 5.69 Å². The molecule has 28 heavy (non-hydrogen) atoms. The van der Waals surface area contributed by atoms with Crippen molar-refractivity contribution in [1.82, 2.24) is 14.9 Å². The summed E-state index contributed by atoms with van der Waals surface area (Å²) in [5.41, 5.74) is 4.15. The van der Waals surface area contributed by atoms with Gasteiger partial charge in [0, 0.05) is 18.8 Å². The van der Waals surface area contributed by atoms with E-state index in [0.29, 0.717) is 18.1 Å². The summed E-state index contributed by atoms with van der Waals surface area (Å²) in [7, 11) is 0. The van der Waals surface area contributed by atoms with Crippen molar-refractivity contribution in [2.45, 2.75) is 65.8 Å². The fourth-order valence-electron chi connectivity index (χ4n) is 3.61. The summed E-state index contributed by atoms with van der Waals surface area (Å²) in [6.45, 7) is 7.46. The SMILES string of the molecule is CCCCCNC(=O)c1nc(C(=O)Nc2cc(C)ccc2C)n2c1CCCC2. The normalized spacial score (nSPS) is 13.1. The van der Waals surface area contributed by atoms with E-state index < -0.39 is 0 Å². The molecule has 1 aliphatic rings. The number of rotatable bonds is 7. The van der Waals surface area contributed by atoms with Crippen molar-refractivity contribution in [1.29, 1.82) is 0 Å². The largest absolute Gasteiger partial charge is 0.351 e. The Balaban J connectivity index is 1.83.